The Bertz CT molecular complexity index is 1440. The number of piperidine rings is 1. The third kappa shape index (κ3) is 6.28. The molecule has 14 heteroatoms. The summed E-state index contributed by atoms with van der Waals surface area (Å²) >= 11 is 1.36. The topological polar surface area (TPSA) is 78.7 Å². The van der Waals surface area contributed by atoms with Gasteiger partial charge in [0.25, 0.3) is 5.91 Å². The number of alkyl halides is 6. The summed E-state index contributed by atoms with van der Waals surface area (Å²) in [6, 6.07) is 6.65. The van der Waals surface area contributed by atoms with E-state index < -0.39 is 35.1 Å². The molecule has 4 heterocycles. The monoisotopic (exact) mass is 583 g/mol. The van der Waals surface area contributed by atoms with Gasteiger partial charge in [0.2, 0.25) is 5.91 Å². The molecule has 0 radical (unpaired) electrons. The van der Waals surface area contributed by atoms with E-state index in [4.69, 9.17) is 0 Å². The lowest BCUT2D eigenvalue weighted by molar-refractivity contribution is -0.143. The van der Waals surface area contributed by atoms with Crippen molar-refractivity contribution in [2.24, 2.45) is 5.92 Å². The smallest absolute Gasteiger partial charge is 0.351 e. The number of amides is 2. The number of halogens is 6. The molecule has 0 saturated carbocycles. The van der Waals surface area contributed by atoms with Crippen LogP contribution >= 0.6 is 11.8 Å². The van der Waals surface area contributed by atoms with Crippen LogP contribution in [0.25, 0.3) is 11.7 Å². The van der Waals surface area contributed by atoms with E-state index in [2.05, 4.69) is 15.6 Å². The highest BCUT2D eigenvalue weighted by Gasteiger charge is 2.37. The van der Waals surface area contributed by atoms with E-state index in [0.29, 0.717) is 49.5 Å². The Kier molecular flexibility index (Phi) is 7.57. The fourth-order valence-electron chi connectivity index (χ4n) is 4.70. The first-order valence-electron chi connectivity index (χ1n) is 12.3. The highest BCUT2D eigenvalue weighted by Crippen LogP contribution is 2.38. The molecule has 7 nitrogen and oxygen atoms in total. The Hall–Kier alpha value is -3.52. The molecule has 1 fully saturated rings. The standard InChI is InChI=1S/C26H23F6N5O2S/c27-25(28,29)16-8-17(26(30,31)32)10-18(9-16)35-22(38)14-36-6-4-15(5-7-36)12-34-24(39)20-11-19-13-33-21-2-1-3-23(40-20)37(19)21/h1-3,8-11,13,15H,4-7,12,14H2,(H,34,39)(H,35,38). The van der Waals surface area contributed by atoms with Gasteiger partial charge in [-0.05, 0) is 68.3 Å². The van der Waals surface area contributed by atoms with Gasteiger partial charge in [0.1, 0.15) is 5.65 Å². The van der Waals surface area contributed by atoms with Gasteiger partial charge in [-0.3, -0.25) is 18.9 Å². The number of hydrogen-bond acceptors (Lipinski definition) is 5. The Morgan fingerprint density at radius 1 is 1.00 bits per heavy atom. The van der Waals surface area contributed by atoms with Crippen LogP contribution in [-0.2, 0) is 21.9 Å². The number of likely N-dealkylation sites (tertiary alicyclic amines) is 1. The number of carbonyl (C=O) groups excluding carboxylic acids is 2. The number of benzene rings is 1. The number of anilines is 1. The van der Waals surface area contributed by atoms with Crippen molar-refractivity contribution in [2.75, 3.05) is 31.5 Å². The van der Waals surface area contributed by atoms with E-state index in [-0.39, 0.29) is 24.4 Å². The number of aromatic nitrogens is 2. The van der Waals surface area contributed by atoms with Crippen LogP contribution in [0.4, 0.5) is 32.0 Å². The molecular weight excluding hydrogens is 560 g/mol. The Morgan fingerprint density at radius 3 is 2.33 bits per heavy atom. The average Bonchev–Trinajstić information content (AvgIpc) is 3.31. The molecule has 0 atom stereocenters. The Labute approximate surface area is 228 Å². The maximum absolute atomic E-state index is 13.1. The van der Waals surface area contributed by atoms with Crippen LogP contribution < -0.4 is 10.6 Å². The summed E-state index contributed by atoms with van der Waals surface area (Å²) in [5.74, 6) is -0.755. The summed E-state index contributed by atoms with van der Waals surface area (Å²) < 4.78 is 80.4. The second-order valence-corrected chi connectivity index (χ2v) is 10.7. The Balaban J connectivity index is 1.10. The van der Waals surface area contributed by atoms with E-state index in [1.54, 1.807) is 17.2 Å². The minimum Gasteiger partial charge on any atom is -0.351 e. The number of nitrogens with zero attached hydrogens (tertiary/aromatic N) is 3. The number of thioether (sulfide) groups is 1. The molecule has 0 bridgehead atoms. The third-order valence-corrected chi connectivity index (χ3v) is 7.79. The second kappa shape index (κ2) is 10.8. The van der Waals surface area contributed by atoms with Crippen molar-refractivity contribution < 1.29 is 35.9 Å². The largest absolute Gasteiger partial charge is 0.416 e. The molecule has 212 valence electrons. The van der Waals surface area contributed by atoms with Gasteiger partial charge in [-0.2, -0.15) is 26.3 Å². The van der Waals surface area contributed by atoms with Crippen LogP contribution in [0, 0.1) is 5.92 Å². The molecule has 0 aliphatic carbocycles. The van der Waals surface area contributed by atoms with Crippen LogP contribution in [-0.4, -0.2) is 52.3 Å². The summed E-state index contributed by atoms with van der Waals surface area (Å²) in [7, 11) is 0. The van der Waals surface area contributed by atoms with Gasteiger partial charge in [-0.25, -0.2) is 4.98 Å². The number of carbonyl (C=O) groups is 2. The minimum atomic E-state index is -5.00. The van der Waals surface area contributed by atoms with Crippen LogP contribution in [0.15, 0.2) is 52.5 Å². The zero-order valence-corrected chi connectivity index (χ0v) is 21.6. The van der Waals surface area contributed by atoms with E-state index in [0.717, 1.165) is 16.4 Å². The highest BCUT2D eigenvalue weighted by molar-refractivity contribution is 8.04. The molecule has 2 amide bonds. The first-order valence-corrected chi connectivity index (χ1v) is 13.1. The zero-order chi connectivity index (χ0) is 28.7. The van der Waals surface area contributed by atoms with Crippen molar-refractivity contribution in [2.45, 2.75) is 30.2 Å². The maximum atomic E-state index is 13.1. The summed E-state index contributed by atoms with van der Waals surface area (Å²) in [6.45, 7) is 1.23. The second-order valence-electron chi connectivity index (χ2n) is 9.62. The molecular formula is C26H23F6N5O2S. The lowest BCUT2D eigenvalue weighted by Crippen LogP contribution is -2.42. The molecule has 2 aliphatic rings. The first kappa shape index (κ1) is 28.0. The number of imidazole rings is 1. The van der Waals surface area contributed by atoms with Crippen molar-refractivity contribution >= 4 is 41.0 Å². The van der Waals surface area contributed by atoms with Gasteiger partial charge in [-0.15, -0.1) is 0 Å². The average molecular weight is 584 g/mol. The summed E-state index contributed by atoms with van der Waals surface area (Å²) in [5.41, 5.74) is -1.94. The number of hydrogen-bond donors (Lipinski definition) is 2. The first-order chi connectivity index (χ1) is 18.9. The number of rotatable bonds is 6. The maximum Gasteiger partial charge on any atom is 0.416 e. The van der Waals surface area contributed by atoms with Gasteiger partial charge in [0, 0.05) is 12.2 Å². The summed E-state index contributed by atoms with van der Waals surface area (Å²) in [5, 5.41) is 6.02. The third-order valence-electron chi connectivity index (χ3n) is 6.74. The van der Waals surface area contributed by atoms with E-state index in [1.807, 2.05) is 22.6 Å². The fraction of sp³-hybridized carbons (Fsp3) is 0.346. The van der Waals surface area contributed by atoms with E-state index >= 15 is 0 Å². The summed E-state index contributed by atoms with van der Waals surface area (Å²) in [6.07, 6.45) is -5.18. The van der Waals surface area contributed by atoms with Crippen LogP contribution in [0.2, 0.25) is 0 Å². The normalized spacial score (nSPS) is 16.6. The van der Waals surface area contributed by atoms with Crippen LogP contribution in [0.3, 0.4) is 0 Å². The highest BCUT2D eigenvalue weighted by atomic mass is 32.2. The number of pyridine rings is 1. The lowest BCUT2D eigenvalue weighted by Gasteiger charge is -2.31. The molecule has 1 saturated heterocycles. The van der Waals surface area contributed by atoms with Crippen molar-refractivity contribution in [3.63, 3.8) is 0 Å². The van der Waals surface area contributed by atoms with Gasteiger partial charge < -0.3 is 10.6 Å². The number of nitrogens with one attached hydrogen (secondary N) is 2. The molecule has 3 aromatic rings. The van der Waals surface area contributed by atoms with E-state index in [1.165, 1.54) is 11.8 Å². The molecule has 0 spiro atoms. The lowest BCUT2D eigenvalue weighted by atomic mass is 9.97. The zero-order valence-electron chi connectivity index (χ0n) is 20.8. The fourth-order valence-corrected chi connectivity index (χ4v) is 5.71. The quantitative estimate of drug-likeness (QED) is 0.386. The van der Waals surface area contributed by atoms with Crippen LogP contribution in [0.5, 0.6) is 0 Å². The van der Waals surface area contributed by atoms with Crippen molar-refractivity contribution in [3.05, 3.63) is 64.3 Å². The van der Waals surface area contributed by atoms with Crippen molar-refractivity contribution in [3.8, 4) is 0 Å². The van der Waals surface area contributed by atoms with E-state index in [9.17, 15) is 35.9 Å². The molecule has 5 rings (SSSR count). The van der Waals surface area contributed by atoms with Gasteiger partial charge in [0.05, 0.1) is 39.5 Å². The molecule has 0 unspecified atom stereocenters. The van der Waals surface area contributed by atoms with Gasteiger partial charge in [0.15, 0.2) is 0 Å². The van der Waals surface area contributed by atoms with Crippen molar-refractivity contribution in [1.29, 1.82) is 0 Å². The Morgan fingerprint density at radius 2 is 1.68 bits per heavy atom. The minimum absolute atomic E-state index is 0.0120. The van der Waals surface area contributed by atoms with Crippen molar-refractivity contribution in [1.82, 2.24) is 19.6 Å². The van der Waals surface area contributed by atoms with Crippen LogP contribution in [0.1, 0.15) is 29.7 Å². The van der Waals surface area contributed by atoms with Gasteiger partial charge >= 0.3 is 12.4 Å². The SMILES string of the molecule is O=C(CN1CCC(CNC(=O)C2=Cc3cnc4cccc(n34)S2)CC1)Nc1cc(C(F)(F)F)cc(C(F)(F)F)c1. The molecule has 1 aromatic carbocycles. The predicted octanol–water partition coefficient (Wildman–Crippen LogP) is 5.29. The molecule has 2 aromatic heterocycles. The molecule has 2 N–H and O–H groups in total. The molecule has 2 aliphatic heterocycles. The molecule has 40 heavy (non-hydrogen) atoms. The summed E-state index contributed by atoms with van der Waals surface area (Å²) in [4.78, 5) is 31.9. The predicted molar refractivity (Wildman–Crippen MR) is 136 cm³/mol. The van der Waals surface area contributed by atoms with Gasteiger partial charge in [-0.1, -0.05) is 17.8 Å².